The van der Waals surface area contributed by atoms with Crippen molar-refractivity contribution in [2.24, 2.45) is 0 Å². The van der Waals surface area contributed by atoms with Gasteiger partial charge in [0.2, 0.25) is 0 Å². The maximum atomic E-state index is 6.12. The van der Waals surface area contributed by atoms with Crippen LogP contribution in [-0.4, -0.2) is 4.98 Å². The van der Waals surface area contributed by atoms with Crippen LogP contribution in [0, 0.1) is 0 Å². The topological polar surface area (TPSA) is 64.9 Å². The highest BCUT2D eigenvalue weighted by Gasteiger charge is 2.11. The van der Waals surface area contributed by atoms with Gasteiger partial charge in [-0.2, -0.15) is 0 Å². The Balaban J connectivity index is 1.46. The molecule has 1 aromatic heterocycles. The van der Waals surface area contributed by atoms with Gasteiger partial charge in [0.25, 0.3) is 0 Å². The average molecular weight is 490 g/mol. The molecular formula is C35H27N3. The van der Waals surface area contributed by atoms with Gasteiger partial charge in [-0.1, -0.05) is 97.1 Å². The van der Waals surface area contributed by atoms with Crippen molar-refractivity contribution in [2.45, 2.75) is 0 Å². The van der Waals surface area contributed by atoms with Crippen molar-refractivity contribution in [1.82, 2.24) is 4.98 Å². The van der Waals surface area contributed by atoms with Crippen molar-refractivity contribution in [2.75, 3.05) is 11.5 Å². The first-order chi connectivity index (χ1) is 18.6. The fourth-order valence-corrected chi connectivity index (χ4v) is 4.75. The summed E-state index contributed by atoms with van der Waals surface area (Å²) in [7, 11) is 0. The number of nitrogens with two attached hydrogens (primary N) is 2. The number of nitrogen functional groups attached to an aromatic ring is 2. The van der Waals surface area contributed by atoms with E-state index >= 15 is 0 Å². The second kappa shape index (κ2) is 10.1. The highest BCUT2D eigenvalue weighted by atomic mass is 14.7. The lowest BCUT2D eigenvalue weighted by Gasteiger charge is -2.12. The smallest absolute Gasteiger partial charge is 0.0716 e. The number of aromatic nitrogens is 1. The minimum atomic E-state index is 0.715. The van der Waals surface area contributed by atoms with Crippen molar-refractivity contribution >= 4 is 11.4 Å². The molecule has 0 saturated heterocycles. The Morgan fingerprint density at radius 1 is 0.316 bits per heavy atom. The van der Waals surface area contributed by atoms with Gasteiger partial charge < -0.3 is 11.5 Å². The Morgan fingerprint density at radius 3 is 1.34 bits per heavy atom. The molecule has 0 radical (unpaired) electrons. The lowest BCUT2D eigenvalue weighted by Crippen LogP contribution is -1.93. The van der Waals surface area contributed by atoms with Crippen molar-refractivity contribution in [3.05, 3.63) is 140 Å². The second-order valence-electron chi connectivity index (χ2n) is 9.40. The summed E-state index contributed by atoms with van der Waals surface area (Å²) in [6, 6.07) is 47.7. The standard InChI is InChI=1S/C35H27N3/c36-32-13-5-10-28(20-32)27-9-4-11-29(19-27)34-22-31(23-35(38-34)30-12-6-14-33(37)21-30)26-17-15-25(16-18-26)24-7-2-1-3-8-24/h1-23H,36-37H2. The summed E-state index contributed by atoms with van der Waals surface area (Å²) < 4.78 is 0. The van der Waals surface area contributed by atoms with Gasteiger partial charge in [0.15, 0.2) is 0 Å². The number of hydrogen-bond acceptors (Lipinski definition) is 3. The minimum absolute atomic E-state index is 0.715. The van der Waals surface area contributed by atoms with Gasteiger partial charge in [-0.25, -0.2) is 4.98 Å². The highest BCUT2D eigenvalue weighted by Crippen LogP contribution is 2.33. The molecule has 0 spiro atoms. The fourth-order valence-electron chi connectivity index (χ4n) is 4.75. The first-order valence-corrected chi connectivity index (χ1v) is 12.6. The summed E-state index contributed by atoms with van der Waals surface area (Å²) in [6.07, 6.45) is 0. The number of anilines is 2. The van der Waals surface area contributed by atoms with Gasteiger partial charge in [0, 0.05) is 22.5 Å². The van der Waals surface area contributed by atoms with E-state index in [-0.39, 0.29) is 0 Å². The molecule has 0 atom stereocenters. The number of rotatable bonds is 5. The van der Waals surface area contributed by atoms with Crippen molar-refractivity contribution in [3.63, 3.8) is 0 Å². The molecule has 4 N–H and O–H groups in total. The second-order valence-corrected chi connectivity index (χ2v) is 9.40. The third kappa shape index (κ3) is 4.91. The molecule has 0 fully saturated rings. The van der Waals surface area contributed by atoms with E-state index in [1.54, 1.807) is 0 Å². The van der Waals surface area contributed by atoms with E-state index in [2.05, 4.69) is 91.0 Å². The molecule has 1 heterocycles. The van der Waals surface area contributed by atoms with Crippen molar-refractivity contribution in [1.29, 1.82) is 0 Å². The Morgan fingerprint density at radius 2 is 0.737 bits per heavy atom. The van der Waals surface area contributed by atoms with E-state index in [9.17, 15) is 0 Å². The Hall–Kier alpha value is -5.15. The van der Waals surface area contributed by atoms with Crippen LogP contribution in [0.2, 0.25) is 0 Å². The van der Waals surface area contributed by atoms with Crippen LogP contribution in [0.15, 0.2) is 140 Å². The van der Waals surface area contributed by atoms with Crippen molar-refractivity contribution < 1.29 is 0 Å². The Labute approximate surface area is 223 Å². The predicted molar refractivity (Wildman–Crippen MR) is 160 cm³/mol. The highest BCUT2D eigenvalue weighted by molar-refractivity contribution is 5.80. The van der Waals surface area contributed by atoms with Gasteiger partial charge in [0.1, 0.15) is 0 Å². The number of pyridine rings is 1. The van der Waals surface area contributed by atoms with Crippen LogP contribution in [0.3, 0.4) is 0 Å². The van der Waals surface area contributed by atoms with E-state index in [4.69, 9.17) is 16.5 Å². The van der Waals surface area contributed by atoms with Gasteiger partial charge in [-0.3, -0.25) is 0 Å². The summed E-state index contributed by atoms with van der Waals surface area (Å²) in [6.45, 7) is 0. The Bertz CT molecular complexity index is 1720. The fraction of sp³-hybridized carbons (Fsp3) is 0. The molecule has 3 heteroatoms. The molecule has 5 aromatic carbocycles. The molecular weight excluding hydrogens is 462 g/mol. The van der Waals surface area contributed by atoms with Gasteiger partial charge in [-0.05, 0) is 75.8 Å². The normalized spacial score (nSPS) is 10.8. The van der Waals surface area contributed by atoms with E-state index < -0.39 is 0 Å². The molecule has 0 aliphatic heterocycles. The van der Waals surface area contributed by atoms with Gasteiger partial charge >= 0.3 is 0 Å². The molecule has 0 amide bonds. The summed E-state index contributed by atoms with van der Waals surface area (Å²) in [4.78, 5) is 5.08. The molecule has 0 bridgehead atoms. The van der Waals surface area contributed by atoms with E-state index in [1.165, 1.54) is 11.1 Å². The molecule has 3 nitrogen and oxygen atoms in total. The van der Waals surface area contributed by atoms with Crippen LogP contribution in [0.5, 0.6) is 0 Å². The monoisotopic (exact) mass is 489 g/mol. The first-order valence-electron chi connectivity index (χ1n) is 12.6. The predicted octanol–water partition coefficient (Wildman–Crippen LogP) is 8.58. The molecule has 6 aromatic rings. The average Bonchev–Trinajstić information content (AvgIpc) is 2.97. The van der Waals surface area contributed by atoms with E-state index in [0.717, 1.165) is 50.5 Å². The number of benzene rings is 5. The quantitative estimate of drug-likeness (QED) is 0.238. The van der Waals surface area contributed by atoms with Crippen LogP contribution >= 0.6 is 0 Å². The van der Waals surface area contributed by atoms with Crippen LogP contribution in [0.1, 0.15) is 0 Å². The first kappa shape index (κ1) is 23.3. The number of hydrogen-bond donors (Lipinski definition) is 2. The zero-order valence-electron chi connectivity index (χ0n) is 20.9. The van der Waals surface area contributed by atoms with Gasteiger partial charge in [0.05, 0.1) is 11.4 Å². The zero-order chi connectivity index (χ0) is 25.9. The van der Waals surface area contributed by atoms with Crippen LogP contribution in [-0.2, 0) is 0 Å². The molecule has 0 unspecified atom stereocenters. The van der Waals surface area contributed by atoms with Gasteiger partial charge in [-0.15, -0.1) is 0 Å². The summed E-state index contributed by atoms with van der Waals surface area (Å²) in [5, 5.41) is 0. The molecule has 38 heavy (non-hydrogen) atoms. The zero-order valence-corrected chi connectivity index (χ0v) is 20.9. The summed E-state index contributed by atoms with van der Waals surface area (Å²) in [5.74, 6) is 0. The largest absolute Gasteiger partial charge is 0.399 e. The lowest BCUT2D eigenvalue weighted by atomic mass is 9.96. The van der Waals surface area contributed by atoms with E-state index in [1.807, 2.05) is 48.5 Å². The van der Waals surface area contributed by atoms with Crippen molar-refractivity contribution in [3.8, 4) is 55.9 Å². The molecule has 0 saturated carbocycles. The molecule has 6 rings (SSSR count). The number of nitrogens with zero attached hydrogens (tertiary/aromatic N) is 1. The molecule has 182 valence electrons. The SMILES string of the molecule is Nc1cccc(-c2cccc(-c3cc(-c4ccc(-c5ccccc5)cc4)cc(-c4cccc(N)c4)n3)c2)c1. The molecule has 0 aliphatic rings. The summed E-state index contributed by atoms with van der Waals surface area (Å²) in [5.41, 5.74) is 24.2. The summed E-state index contributed by atoms with van der Waals surface area (Å²) >= 11 is 0. The van der Waals surface area contributed by atoms with Crippen LogP contribution < -0.4 is 11.5 Å². The minimum Gasteiger partial charge on any atom is -0.399 e. The third-order valence-corrected chi connectivity index (χ3v) is 6.71. The van der Waals surface area contributed by atoms with Crippen LogP contribution in [0.25, 0.3) is 55.9 Å². The third-order valence-electron chi connectivity index (χ3n) is 6.71. The van der Waals surface area contributed by atoms with Crippen LogP contribution in [0.4, 0.5) is 11.4 Å². The molecule has 0 aliphatic carbocycles. The lowest BCUT2D eigenvalue weighted by molar-refractivity contribution is 1.32. The maximum Gasteiger partial charge on any atom is 0.0716 e. The van der Waals surface area contributed by atoms with E-state index in [0.29, 0.717) is 5.69 Å². The maximum absolute atomic E-state index is 6.12. The Kier molecular flexibility index (Phi) is 6.17.